The summed E-state index contributed by atoms with van der Waals surface area (Å²) < 4.78 is 0. The van der Waals surface area contributed by atoms with Crippen LogP contribution in [0.4, 0.5) is 0 Å². The zero-order valence-corrected chi connectivity index (χ0v) is 18.0. The van der Waals surface area contributed by atoms with Crippen LogP contribution in [0, 0.1) is 0 Å². The summed E-state index contributed by atoms with van der Waals surface area (Å²) in [5.41, 5.74) is 10.8. The molecule has 152 valence electrons. The molecule has 0 N–H and O–H groups in total. The van der Waals surface area contributed by atoms with Gasteiger partial charge in [0.25, 0.3) is 0 Å². The maximum atomic E-state index is 2.39. The van der Waals surface area contributed by atoms with Crippen LogP contribution in [0.25, 0.3) is 43.8 Å². The highest BCUT2D eigenvalue weighted by Gasteiger charge is 2.52. The number of benzene rings is 6. The van der Waals surface area contributed by atoms with Crippen molar-refractivity contribution in [3.8, 4) is 22.3 Å². The van der Waals surface area contributed by atoms with E-state index in [2.05, 4.69) is 121 Å². The second kappa shape index (κ2) is 5.99. The number of fused-ring (bicyclic) bond motifs is 14. The van der Waals surface area contributed by atoms with Gasteiger partial charge in [0.05, 0.1) is 5.41 Å². The smallest absolute Gasteiger partial charge is 0.0619 e. The Morgan fingerprint density at radius 1 is 0.333 bits per heavy atom. The first-order valence-electron chi connectivity index (χ1n) is 11.6. The molecule has 6 aromatic rings. The van der Waals surface area contributed by atoms with Crippen molar-refractivity contribution in [2.45, 2.75) is 5.41 Å². The predicted octanol–water partition coefficient (Wildman–Crippen LogP) is 8.34. The minimum Gasteiger partial charge on any atom is -0.0619 e. The van der Waals surface area contributed by atoms with Gasteiger partial charge in [0.2, 0.25) is 0 Å². The molecule has 33 heavy (non-hydrogen) atoms. The van der Waals surface area contributed by atoms with Crippen LogP contribution in [-0.2, 0) is 5.41 Å². The first-order chi connectivity index (χ1) is 16.4. The van der Waals surface area contributed by atoms with Gasteiger partial charge in [0, 0.05) is 0 Å². The highest BCUT2D eigenvalue weighted by atomic mass is 14.5. The molecule has 0 saturated heterocycles. The lowest BCUT2D eigenvalue weighted by Gasteiger charge is -2.30. The van der Waals surface area contributed by atoms with Crippen molar-refractivity contribution in [3.05, 3.63) is 144 Å². The average Bonchev–Trinajstić information content (AvgIpc) is 3.36. The molecular weight excluding hydrogens is 396 g/mol. The normalized spacial score (nSPS) is 14.3. The summed E-state index contributed by atoms with van der Waals surface area (Å²) in [7, 11) is 0. The van der Waals surface area contributed by atoms with E-state index < -0.39 is 0 Å². The van der Waals surface area contributed by atoms with Crippen LogP contribution in [0.5, 0.6) is 0 Å². The predicted molar refractivity (Wildman–Crippen MR) is 138 cm³/mol. The van der Waals surface area contributed by atoms with Crippen molar-refractivity contribution in [2.75, 3.05) is 0 Å². The first-order valence-corrected chi connectivity index (χ1v) is 11.6. The Balaban J connectivity index is 1.68. The van der Waals surface area contributed by atoms with Crippen LogP contribution in [0.1, 0.15) is 22.3 Å². The summed E-state index contributed by atoms with van der Waals surface area (Å²) in [5, 5.41) is 5.27. The van der Waals surface area contributed by atoms with E-state index in [9.17, 15) is 0 Å². The van der Waals surface area contributed by atoms with Gasteiger partial charge in [-0.2, -0.15) is 0 Å². The topological polar surface area (TPSA) is 0 Å². The lowest BCUT2D eigenvalue weighted by molar-refractivity contribution is 0.795. The van der Waals surface area contributed by atoms with Crippen LogP contribution in [-0.4, -0.2) is 0 Å². The van der Waals surface area contributed by atoms with Gasteiger partial charge in [-0.05, 0) is 66.1 Å². The molecule has 0 heterocycles. The van der Waals surface area contributed by atoms with Crippen molar-refractivity contribution in [3.63, 3.8) is 0 Å². The first kappa shape index (κ1) is 17.4. The number of hydrogen-bond acceptors (Lipinski definition) is 0. The molecule has 6 aromatic carbocycles. The third-order valence-electron chi connectivity index (χ3n) is 7.87. The maximum absolute atomic E-state index is 2.39. The van der Waals surface area contributed by atoms with Gasteiger partial charge in [0.15, 0.2) is 0 Å². The van der Waals surface area contributed by atoms with Gasteiger partial charge in [-0.25, -0.2) is 0 Å². The molecule has 1 spiro atoms. The Bertz CT molecular complexity index is 1640. The molecule has 0 aliphatic heterocycles. The molecule has 2 aliphatic rings. The summed E-state index contributed by atoms with van der Waals surface area (Å²) in [6.07, 6.45) is 0. The van der Waals surface area contributed by atoms with E-state index in [1.807, 2.05) is 0 Å². The summed E-state index contributed by atoms with van der Waals surface area (Å²) in [4.78, 5) is 0. The summed E-state index contributed by atoms with van der Waals surface area (Å²) in [6.45, 7) is 0. The van der Waals surface area contributed by atoms with Gasteiger partial charge in [-0.1, -0.05) is 121 Å². The molecule has 0 radical (unpaired) electrons. The third kappa shape index (κ3) is 1.94. The Kier molecular flexibility index (Phi) is 3.16. The zero-order valence-electron chi connectivity index (χ0n) is 18.0. The molecule has 0 aromatic heterocycles. The number of rotatable bonds is 0. The fraction of sp³-hybridized carbons (Fsp3) is 0.0303. The highest BCUT2D eigenvalue weighted by Crippen LogP contribution is 2.64. The van der Waals surface area contributed by atoms with E-state index in [0.29, 0.717) is 0 Å². The van der Waals surface area contributed by atoms with Gasteiger partial charge < -0.3 is 0 Å². The van der Waals surface area contributed by atoms with Crippen molar-refractivity contribution in [2.24, 2.45) is 0 Å². The monoisotopic (exact) mass is 416 g/mol. The fourth-order valence-electron chi connectivity index (χ4n) is 6.67. The maximum Gasteiger partial charge on any atom is 0.0725 e. The lowest BCUT2D eigenvalue weighted by atomic mass is 9.70. The van der Waals surface area contributed by atoms with E-state index in [0.717, 1.165) is 0 Å². The third-order valence-corrected chi connectivity index (χ3v) is 7.87. The Morgan fingerprint density at radius 2 is 0.758 bits per heavy atom. The molecule has 0 amide bonds. The van der Waals surface area contributed by atoms with Crippen LogP contribution >= 0.6 is 0 Å². The minimum atomic E-state index is -0.286. The molecule has 0 heteroatoms. The van der Waals surface area contributed by atoms with Crippen LogP contribution in [0.15, 0.2) is 121 Å². The van der Waals surface area contributed by atoms with Crippen molar-refractivity contribution in [1.29, 1.82) is 0 Å². The molecule has 0 atom stereocenters. The Labute approximate surface area is 192 Å². The van der Waals surface area contributed by atoms with E-state index >= 15 is 0 Å². The molecule has 0 bridgehead atoms. The summed E-state index contributed by atoms with van der Waals surface area (Å²) >= 11 is 0. The van der Waals surface area contributed by atoms with Crippen LogP contribution in [0.3, 0.4) is 0 Å². The van der Waals surface area contributed by atoms with E-state index in [1.54, 1.807) is 0 Å². The second-order valence-corrected chi connectivity index (χ2v) is 9.26. The van der Waals surface area contributed by atoms with Gasteiger partial charge in [-0.15, -0.1) is 0 Å². The summed E-state index contributed by atoms with van der Waals surface area (Å²) in [5.74, 6) is 0. The Morgan fingerprint density at radius 3 is 1.27 bits per heavy atom. The molecule has 8 rings (SSSR count). The van der Waals surface area contributed by atoms with Gasteiger partial charge in [0.1, 0.15) is 0 Å². The average molecular weight is 417 g/mol. The SMILES string of the molecule is c1ccc2c(c1)-c1ccccc1C21c2ccc3ccccc3c2-c2c1ccc1ccccc21. The molecule has 2 aliphatic carbocycles. The van der Waals surface area contributed by atoms with E-state index in [1.165, 1.54) is 66.1 Å². The largest absolute Gasteiger partial charge is 0.0725 e. The molecule has 0 unspecified atom stereocenters. The lowest BCUT2D eigenvalue weighted by Crippen LogP contribution is -2.25. The van der Waals surface area contributed by atoms with Crippen molar-refractivity contribution in [1.82, 2.24) is 0 Å². The molecular formula is C33H20. The zero-order chi connectivity index (χ0) is 21.6. The number of hydrogen-bond donors (Lipinski definition) is 0. The minimum absolute atomic E-state index is 0.286. The quantitative estimate of drug-likeness (QED) is 0.233. The Hall–Kier alpha value is -4.16. The van der Waals surface area contributed by atoms with Crippen LogP contribution < -0.4 is 0 Å². The van der Waals surface area contributed by atoms with Crippen LogP contribution in [0.2, 0.25) is 0 Å². The van der Waals surface area contributed by atoms with Crippen molar-refractivity contribution < 1.29 is 0 Å². The van der Waals surface area contributed by atoms with E-state index in [-0.39, 0.29) is 5.41 Å². The molecule has 0 nitrogen and oxygen atoms in total. The fourth-order valence-corrected chi connectivity index (χ4v) is 6.67. The van der Waals surface area contributed by atoms with E-state index in [4.69, 9.17) is 0 Å². The summed E-state index contributed by atoms with van der Waals surface area (Å²) in [6, 6.07) is 45.1. The standard InChI is InChI=1S/C33H20/c1-3-11-23-21(9-1)17-19-29-31(23)32-24-12-4-2-10-22(24)18-20-30(32)33(29)27-15-7-5-13-25(27)26-14-6-8-16-28(26)33/h1-20H. The molecule has 0 fully saturated rings. The van der Waals surface area contributed by atoms with Gasteiger partial charge >= 0.3 is 0 Å². The molecule has 0 saturated carbocycles. The highest BCUT2D eigenvalue weighted by molar-refractivity contribution is 6.13. The van der Waals surface area contributed by atoms with Crippen molar-refractivity contribution >= 4 is 21.5 Å². The second-order valence-electron chi connectivity index (χ2n) is 9.26. The van der Waals surface area contributed by atoms with Gasteiger partial charge in [-0.3, -0.25) is 0 Å².